The quantitative estimate of drug-likeness (QED) is 0.794. The van der Waals surface area contributed by atoms with Gasteiger partial charge in [0.15, 0.2) is 0 Å². The molecule has 1 aliphatic carbocycles. The van der Waals surface area contributed by atoms with Gasteiger partial charge in [0.25, 0.3) is 0 Å². The molecule has 1 aromatic rings. The summed E-state index contributed by atoms with van der Waals surface area (Å²) in [5.41, 5.74) is 1.70. The highest BCUT2D eigenvalue weighted by atomic mass is 16.5. The van der Waals surface area contributed by atoms with Gasteiger partial charge in [-0.25, -0.2) is 9.59 Å². The predicted octanol–water partition coefficient (Wildman–Crippen LogP) is 2.45. The van der Waals surface area contributed by atoms with Crippen molar-refractivity contribution in [3.63, 3.8) is 0 Å². The zero-order valence-corrected chi connectivity index (χ0v) is 15.9. The molecule has 146 valence electrons. The van der Waals surface area contributed by atoms with E-state index >= 15 is 0 Å². The van der Waals surface area contributed by atoms with Crippen molar-refractivity contribution in [2.24, 2.45) is 5.92 Å². The molecule has 0 unspecified atom stereocenters. The van der Waals surface area contributed by atoms with E-state index in [-0.39, 0.29) is 24.5 Å². The predicted molar refractivity (Wildman–Crippen MR) is 101 cm³/mol. The molecule has 0 aromatic heterocycles. The summed E-state index contributed by atoms with van der Waals surface area (Å²) in [4.78, 5) is 38.8. The summed E-state index contributed by atoms with van der Waals surface area (Å²) < 4.78 is 4.90. The molecule has 3 amide bonds. The number of anilines is 1. The standard InChI is InChI=1S/C20H27N3O4/c1-13-6-5-8-15(10-13)22-20(26)21-12-18(24)23-16-9-4-3-7-14(16)11-17(23)19(25)27-2/h5-6,8,10,14,16-17H,3-4,7,9,11-12H2,1-2H3,(H2,21,22,26)/t14-,16-,17+/m1/s1. The van der Waals surface area contributed by atoms with E-state index in [1.54, 1.807) is 11.0 Å². The topological polar surface area (TPSA) is 87.7 Å². The number of hydrogen-bond donors (Lipinski definition) is 2. The van der Waals surface area contributed by atoms with Crippen molar-refractivity contribution >= 4 is 23.6 Å². The summed E-state index contributed by atoms with van der Waals surface area (Å²) >= 11 is 0. The summed E-state index contributed by atoms with van der Waals surface area (Å²) in [6.45, 7) is 1.79. The van der Waals surface area contributed by atoms with Crippen LogP contribution in [0, 0.1) is 12.8 Å². The number of fused-ring (bicyclic) bond motifs is 1. The second kappa shape index (κ2) is 8.41. The summed E-state index contributed by atoms with van der Waals surface area (Å²) in [6, 6.07) is 6.51. The number of carbonyl (C=O) groups is 3. The number of esters is 1. The lowest BCUT2D eigenvalue weighted by Gasteiger charge is -2.33. The molecule has 1 aliphatic heterocycles. The third kappa shape index (κ3) is 4.40. The number of aryl methyl sites for hydroxylation is 1. The molecule has 2 fully saturated rings. The van der Waals surface area contributed by atoms with Gasteiger partial charge in [-0.1, -0.05) is 25.0 Å². The number of nitrogens with zero attached hydrogens (tertiary/aromatic N) is 1. The minimum Gasteiger partial charge on any atom is -0.467 e. The van der Waals surface area contributed by atoms with E-state index in [4.69, 9.17) is 4.74 Å². The summed E-state index contributed by atoms with van der Waals surface area (Å²) in [5, 5.41) is 5.32. The molecule has 1 aromatic carbocycles. The fraction of sp³-hybridized carbons (Fsp3) is 0.550. The molecule has 3 atom stereocenters. The van der Waals surface area contributed by atoms with Crippen LogP contribution in [0.25, 0.3) is 0 Å². The molecule has 3 rings (SSSR count). The normalized spacial score (nSPS) is 24.1. The van der Waals surface area contributed by atoms with Gasteiger partial charge >= 0.3 is 12.0 Å². The molecule has 27 heavy (non-hydrogen) atoms. The maximum atomic E-state index is 12.8. The molecular weight excluding hydrogens is 346 g/mol. The fourth-order valence-corrected chi connectivity index (χ4v) is 4.31. The molecule has 2 aliphatic rings. The Morgan fingerprint density at radius 1 is 1.22 bits per heavy atom. The molecule has 1 saturated carbocycles. The molecule has 2 N–H and O–H groups in total. The van der Waals surface area contributed by atoms with Gasteiger partial charge < -0.3 is 20.3 Å². The first-order valence-electron chi connectivity index (χ1n) is 9.50. The van der Waals surface area contributed by atoms with Gasteiger partial charge in [0, 0.05) is 11.7 Å². The number of methoxy groups -OCH3 is 1. The Kier molecular flexibility index (Phi) is 5.98. The number of rotatable bonds is 4. The second-order valence-corrected chi connectivity index (χ2v) is 7.36. The zero-order valence-electron chi connectivity index (χ0n) is 15.9. The number of ether oxygens (including phenoxy) is 1. The average molecular weight is 373 g/mol. The van der Waals surface area contributed by atoms with Gasteiger partial charge in [0.1, 0.15) is 6.04 Å². The van der Waals surface area contributed by atoms with E-state index in [9.17, 15) is 14.4 Å². The monoisotopic (exact) mass is 373 g/mol. The highest BCUT2D eigenvalue weighted by Gasteiger charge is 2.47. The number of urea groups is 1. The number of amides is 3. The Balaban J connectivity index is 1.61. The van der Waals surface area contributed by atoms with Crippen LogP contribution < -0.4 is 10.6 Å². The maximum Gasteiger partial charge on any atom is 0.328 e. The first kappa shape index (κ1) is 19.2. The van der Waals surface area contributed by atoms with Crippen LogP contribution in [-0.2, 0) is 14.3 Å². The summed E-state index contributed by atoms with van der Waals surface area (Å²) in [7, 11) is 1.35. The molecule has 7 nitrogen and oxygen atoms in total. The number of carbonyl (C=O) groups excluding carboxylic acids is 3. The van der Waals surface area contributed by atoms with Crippen LogP contribution >= 0.6 is 0 Å². The third-order valence-electron chi connectivity index (χ3n) is 5.53. The molecule has 0 spiro atoms. The van der Waals surface area contributed by atoms with Crippen molar-refractivity contribution in [3.05, 3.63) is 29.8 Å². The van der Waals surface area contributed by atoms with Crippen molar-refractivity contribution in [2.45, 2.75) is 51.1 Å². The Morgan fingerprint density at radius 3 is 2.74 bits per heavy atom. The van der Waals surface area contributed by atoms with Gasteiger partial charge in [-0.15, -0.1) is 0 Å². The number of nitrogens with one attached hydrogen (secondary N) is 2. The SMILES string of the molecule is COC(=O)[C@@H]1C[C@H]2CCCC[C@H]2N1C(=O)CNC(=O)Nc1cccc(C)c1. The fourth-order valence-electron chi connectivity index (χ4n) is 4.31. The Morgan fingerprint density at radius 2 is 2.00 bits per heavy atom. The van der Waals surface area contributed by atoms with E-state index in [0.717, 1.165) is 31.2 Å². The minimum absolute atomic E-state index is 0.0667. The van der Waals surface area contributed by atoms with E-state index in [1.807, 2.05) is 25.1 Å². The lowest BCUT2D eigenvalue weighted by Crippen LogP contribution is -2.50. The van der Waals surface area contributed by atoms with E-state index in [1.165, 1.54) is 7.11 Å². The lowest BCUT2D eigenvalue weighted by atomic mass is 9.85. The van der Waals surface area contributed by atoms with E-state index in [0.29, 0.717) is 18.0 Å². The zero-order chi connectivity index (χ0) is 19.4. The van der Waals surface area contributed by atoms with Crippen LogP contribution in [0.2, 0.25) is 0 Å². The molecule has 0 radical (unpaired) electrons. The first-order valence-corrected chi connectivity index (χ1v) is 9.50. The first-order chi connectivity index (χ1) is 13.0. The number of likely N-dealkylation sites (tertiary alicyclic amines) is 1. The lowest BCUT2D eigenvalue weighted by molar-refractivity contribution is -0.152. The Bertz CT molecular complexity index is 721. The van der Waals surface area contributed by atoms with Crippen molar-refractivity contribution in [3.8, 4) is 0 Å². The Hall–Kier alpha value is -2.57. The maximum absolute atomic E-state index is 12.8. The Labute approximate surface area is 159 Å². The second-order valence-electron chi connectivity index (χ2n) is 7.36. The van der Waals surface area contributed by atoms with Crippen molar-refractivity contribution in [1.82, 2.24) is 10.2 Å². The van der Waals surface area contributed by atoms with Crippen molar-refractivity contribution in [2.75, 3.05) is 19.0 Å². The van der Waals surface area contributed by atoms with Crippen LogP contribution in [0.1, 0.15) is 37.7 Å². The highest BCUT2D eigenvalue weighted by molar-refractivity contribution is 5.93. The van der Waals surface area contributed by atoms with Crippen LogP contribution in [0.4, 0.5) is 10.5 Å². The summed E-state index contributed by atoms with van der Waals surface area (Å²) in [6.07, 6.45) is 4.77. The van der Waals surface area contributed by atoms with E-state index in [2.05, 4.69) is 10.6 Å². The van der Waals surface area contributed by atoms with E-state index < -0.39 is 12.1 Å². The highest BCUT2D eigenvalue weighted by Crippen LogP contribution is 2.40. The van der Waals surface area contributed by atoms with Gasteiger partial charge in [0.05, 0.1) is 13.7 Å². The average Bonchev–Trinajstić information content (AvgIpc) is 3.05. The van der Waals surface area contributed by atoms with Gasteiger partial charge in [-0.3, -0.25) is 4.79 Å². The van der Waals surface area contributed by atoms with Crippen LogP contribution in [0.15, 0.2) is 24.3 Å². The van der Waals surface area contributed by atoms with Gasteiger partial charge in [-0.05, 0) is 49.8 Å². The molecule has 1 heterocycles. The third-order valence-corrected chi connectivity index (χ3v) is 5.53. The molecule has 7 heteroatoms. The van der Waals surface area contributed by atoms with Crippen LogP contribution in [-0.4, -0.2) is 48.5 Å². The van der Waals surface area contributed by atoms with Crippen molar-refractivity contribution < 1.29 is 19.1 Å². The molecular formula is C20H27N3O4. The summed E-state index contributed by atoms with van der Waals surface area (Å²) in [5.74, 6) is -0.269. The van der Waals surface area contributed by atoms with Crippen LogP contribution in [0.3, 0.4) is 0 Å². The van der Waals surface area contributed by atoms with Crippen molar-refractivity contribution in [1.29, 1.82) is 0 Å². The number of hydrogen-bond acceptors (Lipinski definition) is 4. The van der Waals surface area contributed by atoms with Gasteiger partial charge in [-0.2, -0.15) is 0 Å². The minimum atomic E-state index is -0.544. The van der Waals surface area contributed by atoms with Gasteiger partial charge in [0.2, 0.25) is 5.91 Å². The molecule has 0 bridgehead atoms. The molecule has 1 saturated heterocycles. The largest absolute Gasteiger partial charge is 0.467 e. The smallest absolute Gasteiger partial charge is 0.328 e. The number of benzene rings is 1. The van der Waals surface area contributed by atoms with Crippen LogP contribution in [0.5, 0.6) is 0 Å².